The summed E-state index contributed by atoms with van der Waals surface area (Å²) in [6, 6.07) is 15.4. The lowest BCUT2D eigenvalue weighted by molar-refractivity contribution is -0.113. The molecule has 150 valence electrons. The van der Waals surface area contributed by atoms with Crippen molar-refractivity contribution in [3.8, 4) is 11.4 Å². The van der Waals surface area contributed by atoms with E-state index in [9.17, 15) is 4.79 Å². The maximum absolute atomic E-state index is 12.3. The van der Waals surface area contributed by atoms with E-state index in [-0.39, 0.29) is 11.7 Å². The Hall–Kier alpha value is -3.07. The highest BCUT2D eigenvalue weighted by molar-refractivity contribution is 7.99. The zero-order chi connectivity index (χ0) is 20.1. The SMILES string of the molecule is COc1ccc(-n2nnnc2SCC(=O)Nc2ccc(N3CCCC3)cc2)cc1. The van der Waals surface area contributed by atoms with Gasteiger partial charge in [0.25, 0.3) is 0 Å². The molecule has 0 saturated carbocycles. The Bertz CT molecular complexity index is 952. The van der Waals surface area contributed by atoms with Crippen LogP contribution in [-0.4, -0.2) is 52.1 Å². The van der Waals surface area contributed by atoms with Gasteiger partial charge in [-0.3, -0.25) is 4.79 Å². The molecular weight excluding hydrogens is 388 g/mol. The molecule has 0 aliphatic carbocycles. The molecule has 1 N–H and O–H groups in total. The van der Waals surface area contributed by atoms with Gasteiger partial charge in [-0.15, -0.1) is 5.10 Å². The third-order valence-corrected chi connectivity index (χ3v) is 5.63. The van der Waals surface area contributed by atoms with Gasteiger partial charge in [-0.2, -0.15) is 4.68 Å². The number of amides is 1. The van der Waals surface area contributed by atoms with Crippen molar-refractivity contribution < 1.29 is 9.53 Å². The molecule has 9 heteroatoms. The van der Waals surface area contributed by atoms with Crippen LogP contribution in [0.2, 0.25) is 0 Å². The smallest absolute Gasteiger partial charge is 0.234 e. The predicted molar refractivity (Wildman–Crippen MR) is 113 cm³/mol. The number of anilines is 2. The van der Waals surface area contributed by atoms with E-state index in [0.717, 1.165) is 30.2 Å². The van der Waals surface area contributed by atoms with Gasteiger partial charge in [0.15, 0.2) is 0 Å². The van der Waals surface area contributed by atoms with Crippen molar-refractivity contribution >= 4 is 29.0 Å². The van der Waals surface area contributed by atoms with E-state index in [2.05, 4.69) is 37.9 Å². The van der Waals surface area contributed by atoms with Crippen molar-refractivity contribution in [2.75, 3.05) is 36.2 Å². The average Bonchev–Trinajstić information content (AvgIpc) is 3.45. The predicted octanol–water partition coefficient (Wildman–Crippen LogP) is 3.00. The highest BCUT2D eigenvalue weighted by Crippen LogP contribution is 2.23. The monoisotopic (exact) mass is 410 g/mol. The fourth-order valence-electron chi connectivity index (χ4n) is 3.21. The average molecular weight is 411 g/mol. The summed E-state index contributed by atoms with van der Waals surface area (Å²) >= 11 is 1.28. The summed E-state index contributed by atoms with van der Waals surface area (Å²) in [6.45, 7) is 2.20. The second-order valence-electron chi connectivity index (χ2n) is 6.65. The molecule has 1 saturated heterocycles. The van der Waals surface area contributed by atoms with Crippen molar-refractivity contribution in [3.63, 3.8) is 0 Å². The van der Waals surface area contributed by atoms with Gasteiger partial charge in [0.1, 0.15) is 5.75 Å². The van der Waals surface area contributed by atoms with E-state index in [1.807, 2.05) is 36.4 Å². The molecule has 0 radical (unpaired) electrons. The van der Waals surface area contributed by atoms with Crippen molar-refractivity contribution in [2.45, 2.75) is 18.0 Å². The summed E-state index contributed by atoms with van der Waals surface area (Å²) in [5.41, 5.74) is 2.79. The van der Waals surface area contributed by atoms with Crippen LogP contribution in [0, 0.1) is 0 Å². The van der Waals surface area contributed by atoms with Crippen molar-refractivity contribution in [1.82, 2.24) is 20.2 Å². The molecule has 0 atom stereocenters. The van der Waals surface area contributed by atoms with Crippen LogP contribution in [0.1, 0.15) is 12.8 Å². The largest absolute Gasteiger partial charge is 0.497 e. The summed E-state index contributed by atoms with van der Waals surface area (Å²) in [5.74, 6) is 0.865. The zero-order valence-electron chi connectivity index (χ0n) is 16.1. The second kappa shape index (κ2) is 8.95. The van der Waals surface area contributed by atoms with Gasteiger partial charge in [-0.1, -0.05) is 11.8 Å². The lowest BCUT2D eigenvalue weighted by atomic mass is 10.2. The fraction of sp³-hybridized carbons (Fsp3) is 0.300. The van der Waals surface area contributed by atoms with Crippen molar-refractivity contribution in [1.29, 1.82) is 0 Å². The minimum Gasteiger partial charge on any atom is -0.497 e. The number of thioether (sulfide) groups is 1. The molecule has 1 fully saturated rings. The number of nitrogens with zero attached hydrogens (tertiary/aromatic N) is 5. The number of hydrogen-bond acceptors (Lipinski definition) is 7. The Labute approximate surface area is 173 Å². The maximum Gasteiger partial charge on any atom is 0.234 e. The molecule has 2 aromatic carbocycles. The van der Waals surface area contributed by atoms with Crippen LogP contribution < -0.4 is 15.0 Å². The Morgan fingerprint density at radius 1 is 1.07 bits per heavy atom. The summed E-state index contributed by atoms with van der Waals surface area (Å²) in [4.78, 5) is 14.7. The first-order valence-corrected chi connectivity index (χ1v) is 10.4. The first kappa shape index (κ1) is 19.3. The fourth-order valence-corrected chi connectivity index (χ4v) is 3.90. The summed E-state index contributed by atoms with van der Waals surface area (Å²) in [6.07, 6.45) is 2.48. The van der Waals surface area contributed by atoms with E-state index < -0.39 is 0 Å². The number of nitrogens with one attached hydrogen (secondary N) is 1. The summed E-state index contributed by atoms with van der Waals surface area (Å²) in [7, 11) is 1.62. The van der Waals surface area contributed by atoms with Gasteiger partial charge in [0.05, 0.1) is 18.6 Å². The number of ether oxygens (including phenoxy) is 1. The molecule has 1 aliphatic heterocycles. The molecule has 1 aliphatic rings. The number of aromatic nitrogens is 4. The molecule has 0 bridgehead atoms. The van der Waals surface area contributed by atoms with Gasteiger partial charge in [0.2, 0.25) is 11.1 Å². The number of carbonyl (C=O) groups excluding carboxylic acids is 1. The molecule has 1 aromatic heterocycles. The molecule has 1 amide bonds. The first-order chi connectivity index (χ1) is 14.2. The summed E-state index contributed by atoms with van der Waals surface area (Å²) in [5, 5.41) is 15.2. The van der Waals surface area contributed by atoms with E-state index in [1.54, 1.807) is 11.8 Å². The van der Waals surface area contributed by atoms with Crippen LogP contribution in [0.4, 0.5) is 11.4 Å². The van der Waals surface area contributed by atoms with E-state index in [4.69, 9.17) is 4.74 Å². The van der Waals surface area contributed by atoms with Crippen molar-refractivity contribution in [2.24, 2.45) is 0 Å². The highest BCUT2D eigenvalue weighted by Gasteiger charge is 2.14. The van der Waals surface area contributed by atoms with Crippen molar-refractivity contribution in [3.05, 3.63) is 48.5 Å². The van der Waals surface area contributed by atoms with Gasteiger partial charge >= 0.3 is 0 Å². The third-order valence-electron chi connectivity index (χ3n) is 4.71. The van der Waals surface area contributed by atoms with Crippen LogP contribution in [0.3, 0.4) is 0 Å². The molecule has 4 rings (SSSR count). The van der Waals surface area contributed by atoms with Gasteiger partial charge < -0.3 is 15.0 Å². The minimum atomic E-state index is -0.104. The van der Waals surface area contributed by atoms with Crippen LogP contribution in [-0.2, 0) is 4.79 Å². The van der Waals surface area contributed by atoms with E-state index >= 15 is 0 Å². The molecule has 3 aromatic rings. The Morgan fingerprint density at radius 2 is 1.76 bits per heavy atom. The van der Waals surface area contributed by atoms with E-state index in [1.165, 1.54) is 30.3 Å². The number of carbonyl (C=O) groups is 1. The Balaban J connectivity index is 1.33. The number of benzene rings is 2. The topological polar surface area (TPSA) is 85.2 Å². The number of tetrazole rings is 1. The molecular formula is C20H22N6O2S. The van der Waals surface area contributed by atoms with Gasteiger partial charge in [0, 0.05) is 24.5 Å². The molecule has 0 spiro atoms. The third kappa shape index (κ3) is 4.68. The lowest BCUT2D eigenvalue weighted by Gasteiger charge is -2.17. The molecule has 29 heavy (non-hydrogen) atoms. The van der Waals surface area contributed by atoms with Gasteiger partial charge in [-0.05, 0) is 71.8 Å². The number of hydrogen-bond donors (Lipinski definition) is 1. The number of methoxy groups -OCH3 is 1. The Kier molecular flexibility index (Phi) is 5.95. The maximum atomic E-state index is 12.3. The second-order valence-corrected chi connectivity index (χ2v) is 7.59. The normalized spacial score (nSPS) is 13.5. The van der Waals surface area contributed by atoms with Gasteiger partial charge in [-0.25, -0.2) is 0 Å². The standard InChI is InChI=1S/C20H22N6O2S/c1-28-18-10-8-17(9-11-18)26-20(22-23-24-26)29-14-19(27)21-15-4-6-16(7-5-15)25-12-2-3-13-25/h4-11H,2-3,12-14H2,1H3,(H,21,27). The Morgan fingerprint density at radius 3 is 2.45 bits per heavy atom. The van der Waals surface area contributed by atoms with E-state index in [0.29, 0.717) is 5.16 Å². The lowest BCUT2D eigenvalue weighted by Crippen LogP contribution is -2.18. The molecule has 2 heterocycles. The van der Waals surface area contributed by atoms with Crippen LogP contribution in [0.5, 0.6) is 5.75 Å². The van der Waals surface area contributed by atoms with Crippen LogP contribution in [0.15, 0.2) is 53.7 Å². The quantitative estimate of drug-likeness (QED) is 0.599. The summed E-state index contributed by atoms with van der Waals surface area (Å²) < 4.78 is 6.77. The van der Waals surface area contributed by atoms with Crippen LogP contribution >= 0.6 is 11.8 Å². The number of rotatable bonds is 7. The minimum absolute atomic E-state index is 0.104. The van der Waals surface area contributed by atoms with Crippen LogP contribution in [0.25, 0.3) is 5.69 Å². The molecule has 8 nitrogen and oxygen atoms in total. The molecule has 0 unspecified atom stereocenters. The first-order valence-electron chi connectivity index (χ1n) is 9.43. The zero-order valence-corrected chi connectivity index (χ0v) is 16.9. The highest BCUT2D eigenvalue weighted by atomic mass is 32.2.